The van der Waals surface area contributed by atoms with Gasteiger partial charge in [0.15, 0.2) is 0 Å². The fourth-order valence-corrected chi connectivity index (χ4v) is 1.87. The quantitative estimate of drug-likeness (QED) is 0.770. The van der Waals surface area contributed by atoms with Crippen molar-refractivity contribution in [3.05, 3.63) is 18.0 Å². The van der Waals surface area contributed by atoms with E-state index in [1.807, 2.05) is 24.0 Å². The molecule has 1 aromatic heterocycles. The molecule has 1 rings (SSSR count). The molecule has 0 aliphatic heterocycles. The Morgan fingerprint density at radius 1 is 1.69 bits per heavy atom. The van der Waals surface area contributed by atoms with Crippen LogP contribution in [0.1, 0.15) is 12.1 Å². The molecule has 0 aliphatic rings. The maximum atomic E-state index is 5.90. The summed E-state index contributed by atoms with van der Waals surface area (Å²) < 4.78 is 1.91. The van der Waals surface area contributed by atoms with Gasteiger partial charge in [0.05, 0.1) is 0 Å². The van der Waals surface area contributed by atoms with Crippen molar-refractivity contribution in [2.24, 2.45) is 12.8 Å². The van der Waals surface area contributed by atoms with Gasteiger partial charge in [0.1, 0.15) is 0 Å². The molecule has 0 saturated carbocycles. The summed E-state index contributed by atoms with van der Waals surface area (Å²) in [6.07, 6.45) is 5.98. The molecule has 4 heteroatoms. The minimum atomic E-state index is 0.310. The number of nitrogens with zero attached hydrogens (tertiary/aromatic N) is 2. The second-order valence-corrected chi connectivity index (χ2v) is 4.11. The SMILES string of the molecule is CSCC(N)CCc1ccnn1C. The Morgan fingerprint density at radius 3 is 3.00 bits per heavy atom. The lowest BCUT2D eigenvalue weighted by Gasteiger charge is -2.09. The van der Waals surface area contributed by atoms with Crippen LogP contribution in [0.2, 0.25) is 0 Å². The number of rotatable bonds is 5. The van der Waals surface area contributed by atoms with Crippen LogP contribution >= 0.6 is 11.8 Å². The molecular formula is C9H17N3S. The molecule has 1 heterocycles. The van der Waals surface area contributed by atoms with Gasteiger partial charge in [-0.1, -0.05) is 0 Å². The van der Waals surface area contributed by atoms with Crippen LogP contribution in [0, 0.1) is 0 Å². The number of aromatic nitrogens is 2. The Labute approximate surface area is 83.7 Å². The number of hydrogen-bond donors (Lipinski definition) is 1. The zero-order chi connectivity index (χ0) is 9.68. The van der Waals surface area contributed by atoms with Crippen LogP contribution in [0.5, 0.6) is 0 Å². The molecule has 0 spiro atoms. The van der Waals surface area contributed by atoms with Gasteiger partial charge < -0.3 is 5.73 Å². The van der Waals surface area contributed by atoms with Crippen molar-refractivity contribution in [2.75, 3.05) is 12.0 Å². The van der Waals surface area contributed by atoms with Gasteiger partial charge in [0.2, 0.25) is 0 Å². The first-order valence-electron chi connectivity index (χ1n) is 4.45. The number of aryl methyl sites for hydroxylation is 2. The van der Waals surface area contributed by atoms with E-state index in [-0.39, 0.29) is 0 Å². The number of thioether (sulfide) groups is 1. The molecule has 0 aromatic carbocycles. The highest BCUT2D eigenvalue weighted by molar-refractivity contribution is 7.98. The Hall–Kier alpha value is -0.480. The maximum absolute atomic E-state index is 5.90. The van der Waals surface area contributed by atoms with Crippen molar-refractivity contribution in [3.8, 4) is 0 Å². The molecule has 0 radical (unpaired) electrons. The smallest absolute Gasteiger partial charge is 0.0492 e. The van der Waals surface area contributed by atoms with Gasteiger partial charge in [0, 0.05) is 30.7 Å². The van der Waals surface area contributed by atoms with Gasteiger partial charge in [-0.05, 0) is 25.2 Å². The Kier molecular flexibility index (Phi) is 4.32. The lowest BCUT2D eigenvalue weighted by atomic mass is 10.1. The molecule has 2 N–H and O–H groups in total. The summed E-state index contributed by atoms with van der Waals surface area (Å²) in [4.78, 5) is 0. The summed E-state index contributed by atoms with van der Waals surface area (Å²) in [7, 11) is 1.97. The molecule has 0 fully saturated rings. The molecule has 1 atom stereocenters. The molecule has 0 bridgehead atoms. The maximum Gasteiger partial charge on any atom is 0.0492 e. The molecular weight excluding hydrogens is 182 g/mol. The standard InChI is InChI=1S/C9H17N3S/c1-12-9(5-6-11-12)4-3-8(10)7-13-2/h5-6,8H,3-4,7,10H2,1-2H3. The van der Waals surface area contributed by atoms with Crippen molar-refractivity contribution < 1.29 is 0 Å². The summed E-state index contributed by atoms with van der Waals surface area (Å²) in [6, 6.07) is 2.36. The zero-order valence-electron chi connectivity index (χ0n) is 8.23. The third-order valence-electron chi connectivity index (χ3n) is 2.07. The molecule has 0 amide bonds. The third-order valence-corrected chi connectivity index (χ3v) is 2.84. The lowest BCUT2D eigenvalue weighted by molar-refractivity contribution is 0.629. The highest BCUT2D eigenvalue weighted by atomic mass is 32.2. The fraction of sp³-hybridized carbons (Fsp3) is 0.667. The van der Waals surface area contributed by atoms with Crippen molar-refractivity contribution in [3.63, 3.8) is 0 Å². The van der Waals surface area contributed by atoms with Crippen LogP contribution in [-0.2, 0) is 13.5 Å². The zero-order valence-corrected chi connectivity index (χ0v) is 9.05. The predicted octanol–water partition coefficient (Wildman–Crippen LogP) is 1.04. The van der Waals surface area contributed by atoms with Crippen LogP contribution in [0.4, 0.5) is 0 Å². The van der Waals surface area contributed by atoms with E-state index in [0.29, 0.717) is 6.04 Å². The van der Waals surface area contributed by atoms with E-state index >= 15 is 0 Å². The van der Waals surface area contributed by atoms with E-state index in [2.05, 4.69) is 11.4 Å². The summed E-state index contributed by atoms with van der Waals surface area (Å²) in [5.41, 5.74) is 7.16. The van der Waals surface area contributed by atoms with Crippen LogP contribution in [-0.4, -0.2) is 27.8 Å². The summed E-state index contributed by atoms with van der Waals surface area (Å²) in [5, 5.41) is 4.11. The Balaban J connectivity index is 2.30. The summed E-state index contributed by atoms with van der Waals surface area (Å²) in [5.74, 6) is 1.04. The molecule has 13 heavy (non-hydrogen) atoms. The highest BCUT2D eigenvalue weighted by Gasteiger charge is 2.03. The molecule has 3 nitrogen and oxygen atoms in total. The Morgan fingerprint density at radius 2 is 2.46 bits per heavy atom. The van der Waals surface area contributed by atoms with Gasteiger partial charge in [-0.3, -0.25) is 4.68 Å². The Bertz CT molecular complexity index is 247. The largest absolute Gasteiger partial charge is 0.327 e. The second-order valence-electron chi connectivity index (χ2n) is 3.20. The molecule has 0 aliphatic carbocycles. The monoisotopic (exact) mass is 199 g/mol. The van der Waals surface area contributed by atoms with Gasteiger partial charge in [-0.25, -0.2) is 0 Å². The predicted molar refractivity (Wildman–Crippen MR) is 57.9 cm³/mol. The number of hydrogen-bond acceptors (Lipinski definition) is 3. The summed E-state index contributed by atoms with van der Waals surface area (Å²) in [6.45, 7) is 0. The number of nitrogens with two attached hydrogens (primary N) is 1. The average Bonchev–Trinajstić information content (AvgIpc) is 2.48. The van der Waals surface area contributed by atoms with Crippen LogP contribution in [0.3, 0.4) is 0 Å². The molecule has 74 valence electrons. The van der Waals surface area contributed by atoms with E-state index in [4.69, 9.17) is 5.73 Å². The van der Waals surface area contributed by atoms with E-state index in [1.54, 1.807) is 11.8 Å². The van der Waals surface area contributed by atoms with Gasteiger partial charge in [0.25, 0.3) is 0 Å². The molecule has 1 unspecified atom stereocenters. The van der Waals surface area contributed by atoms with E-state index < -0.39 is 0 Å². The first-order chi connectivity index (χ1) is 6.24. The van der Waals surface area contributed by atoms with Crippen molar-refractivity contribution in [1.82, 2.24) is 9.78 Å². The van der Waals surface area contributed by atoms with E-state index in [1.165, 1.54) is 5.69 Å². The van der Waals surface area contributed by atoms with Gasteiger partial charge in [-0.15, -0.1) is 0 Å². The topological polar surface area (TPSA) is 43.8 Å². The van der Waals surface area contributed by atoms with Crippen LogP contribution in [0.25, 0.3) is 0 Å². The van der Waals surface area contributed by atoms with Gasteiger partial charge in [-0.2, -0.15) is 16.9 Å². The lowest BCUT2D eigenvalue weighted by Crippen LogP contribution is -2.23. The van der Waals surface area contributed by atoms with Crippen molar-refractivity contribution in [1.29, 1.82) is 0 Å². The minimum Gasteiger partial charge on any atom is -0.327 e. The first-order valence-corrected chi connectivity index (χ1v) is 5.85. The minimum absolute atomic E-state index is 0.310. The summed E-state index contributed by atoms with van der Waals surface area (Å²) >= 11 is 1.80. The normalized spacial score (nSPS) is 13.2. The highest BCUT2D eigenvalue weighted by Crippen LogP contribution is 2.05. The first kappa shape index (κ1) is 10.6. The van der Waals surface area contributed by atoms with E-state index in [0.717, 1.165) is 18.6 Å². The van der Waals surface area contributed by atoms with Crippen LogP contribution in [0.15, 0.2) is 12.3 Å². The van der Waals surface area contributed by atoms with Gasteiger partial charge >= 0.3 is 0 Å². The fourth-order valence-electron chi connectivity index (χ4n) is 1.28. The van der Waals surface area contributed by atoms with E-state index in [9.17, 15) is 0 Å². The molecule has 1 aromatic rings. The van der Waals surface area contributed by atoms with Crippen LogP contribution < -0.4 is 5.73 Å². The average molecular weight is 199 g/mol. The molecule has 0 saturated heterocycles. The van der Waals surface area contributed by atoms with Crippen molar-refractivity contribution in [2.45, 2.75) is 18.9 Å². The van der Waals surface area contributed by atoms with Crippen molar-refractivity contribution >= 4 is 11.8 Å². The second kappa shape index (κ2) is 5.29. The third kappa shape index (κ3) is 3.40.